The largest absolute Gasteiger partial charge is 0.332 e. The van der Waals surface area contributed by atoms with E-state index in [4.69, 9.17) is 0 Å². The predicted octanol–water partition coefficient (Wildman–Crippen LogP) is 0.892. The molecule has 0 amide bonds. The molecule has 0 bridgehead atoms. The molecular formula is C9H15N3O2S2. The van der Waals surface area contributed by atoms with Gasteiger partial charge in [0.15, 0.2) is 5.03 Å². The van der Waals surface area contributed by atoms with Crippen LogP contribution < -0.4 is 4.72 Å². The number of aromatic nitrogens is 2. The minimum atomic E-state index is -3.42. The van der Waals surface area contributed by atoms with E-state index in [9.17, 15) is 8.42 Å². The van der Waals surface area contributed by atoms with Crippen molar-refractivity contribution in [3.8, 4) is 0 Å². The highest BCUT2D eigenvalue weighted by molar-refractivity contribution is 8.00. The van der Waals surface area contributed by atoms with Gasteiger partial charge in [-0.2, -0.15) is 11.8 Å². The fourth-order valence-electron chi connectivity index (χ4n) is 1.43. The maximum atomic E-state index is 11.8. The lowest BCUT2D eigenvalue weighted by Gasteiger charge is -2.12. The van der Waals surface area contributed by atoms with Crippen LogP contribution in [0.4, 0.5) is 0 Å². The number of imidazole rings is 1. The number of nitrogens with one attached hydrogen (secondary N) is 2. The Morgan fingerprint density at radius 3 is 2.75 bits per heavy atom. The first kappa shape index (κ1) is 11.9. The van der Waals surface area contributed by atoms with Gasteiger partial charge in [0.05, 0.1) is 6.20 Å². The van der Waals surface area contributed by atoms with Gasteiger partial charge >= 0.3 is 0 Å². The van der Waals surface area contributed by atoms with Gasteiger partial charge in [-0.1, -0.05) is 0 Å². The minimum absolute atomic E-state index is 0.127. The van der Waals surface area contributed by atoms with Crippen LogP contribution in [0.3, 0.4) is 0 Å². The van der Waals surface area contributed by atoms with Crippen LogP contribution in [-0.4, -0.2) is 35.9 Å². The summed E-state index contributed by atoms with van der Waals surface area (Å²) in [4.78, 5) is 6.61. The first-order valence-electron chi connectivity index (χ1n) is 5.04. The van der Waals surface area contributed by atoms with E-state index in [1.807, 2.05) is 6.26 Å². The number of aromatic amines is 1. The van der Waals surface area contributed by atoms with Crippen molar-refractivity contribution in [2.24, 2.45) is 0 Å². The second-order valence-corrected chi connectivity index (χ2v) is 7.05. The molecule has 0 spiro atoms. The van der Waals surface area contributed by atoms with Crippen LogP contribution in [0.5, 0.6) is 0 Å². The summed E-state index contributed by atoms with van der Waals surface area (Å²) in [6, 6.07) is 0. The molecule has 5 nitrogen and oxygen atoms in total. The van der Waals surface area contributed by atoms with Crippen LogP contribution in [0.25, 0.3) is 0 Å². The summed E-state index contributed by atoms with van der Waals surface area (Å²) in [5.41, 5.74) is 0. The Kier molecular flexibility index (Phi) is 3.02. The minimum Gasteiger partial charge on any atom is -0.332 e. The number of nitrogens with zero attached hydrogens (tertiary/aromatic N) is 1. The van der Waals surface area contributed by atoms with E-state index in [0.29, 0.717) is 12.4 Å². The molecule has 1 saturated carbocycles. The van der Waals surface area contributed by atoms with E-state index in [0.717, 1.165) is 12.8 Å². The predicted molar refractivity (Wildman–Crippen MR) is 64.0 cm³/mol. The molecule has 2 N–H and O–H groups in total. The van der Waals surface area contributed by atoms with E-state index in [1.165, 1.54) is 6.20 Å². The number of aryl methyl sites for hydroxylation is 1. The lowest BCUT2D eigenvalue weighted by Crippen LogP contribution is -2.31. The quantitative estimate of drug-likeness (QED) is 0.825. The topological polar surface area (TPSA) is 74.8 Å². The van der Waals surface area contributed by atoms with Crippen molar-refractivity contribution in [3.63, 3.8) is 0 Å². The first-order valence-corrected chi connectivity index (χ1v) is 7.75. The van der Waals surface area contributed by atoms with Gasteiger partial charge < -0.3 is 4.98 Å². The second-order valence-electron chi connectivity index (χ2n) is 4.04. The summed E-state index contributed by atoms with van der Waals surface area (Å²) in [6.07, 6.45) is 5.52. The molecule has 0 atom stereocenters. The van der Waals surface area contributed by atoms with Gasteiger partial charge in [0.1, 0.15) is 5.82 Å². The third kappa shape index (κ3) is 2.41. The maximum Gasteiger partial charge on any atom is 0.257 e. The molecule has 1 aliphatic rings. The number of rotatable bonds is 5. The Balaban J connectivity index is 2.04. The molecule has 16 heavy (non-hydrogen) atoms. The molecule has 0 radical (unpaired) electrons. The van der Waals surface area contributed by atoms with Crippen LogP contribution in [0.1, 0.15) is 18.7 Å². The van der Waals surface area contributed by atoms with Gasteiger partial charge in [-0.25, -0.2) is 18.1 Å². The van der Waals surface area contributed by atoms with Crippen LogP contribution in [0, 0.1) is 6.92 Å². The van der Waals surface area contributed by atoms with E-state index in [-0.39, 0.29) is 9.77 Å². The highest BCUT2D eigenvalue weighted by atomic mass is 32.2. The fourth-order valence-corrected chi connectivity index (χ4v) is 3.35. The standard InChI is InChI=1S/C9H15N3O2S2/c1-7-10-5-8(12-7)16(13,14)11-6-9(15-2)3-4-9/h5,11H,3-4,6H2,1-2H3,(H,10,12). The van der Waals surface area contributed by atoms with Gasteiger partial charge in [0.25, 0.3) is 10.0 Å². The average molecular weight is 261 g/mol. The van der Waals surface area contributed by atoms with Crippen molar-refractivity contribution in [2.45, 2.75) is 29.5 Å². The van der Waals surface area contributed by atoms with Crippen LogP contribution in [0.2, 0.25) is 0 Å². The van der Waals surface area contributed by atoms with Crippen molar-refractivity contribution >= 4 is 21.8 Å². The summed E-state index contributed by atoms with van der Waals surface area (Å²) in [6.45, 7) is 2.22. The van der Waals surface area contributed by atoms with Gasteiger partial charge in [-0.15, -0.1) is 0 Å². The van der Waals surface area contributed by atoms with Gasteiger partial charge in [0.2, 0.25) is 0 Å². The average Bonchev–Trinajstić information content (AvgIpc) is 2.91. The molecule has 1 aromatic rings. The Morgan fingerprint density at radius 1 is 1.62 bits per heavy atom. The highest BCUT2D eigenvalue weighted by Crippen LogP contribution is 2.46. The molecule has 1 aromatic heterocycles. The third-order valence-electron chi connectivity index (χ3n) is 2.79. The van der Waals surface area contributed by atoms with Crippen LogP contribution in [-0.2, 0) is 10.0 Å². The second kappa shape index (κ2) is 4.05. The molecule has 90 valence electrons. The number of hydrogen-bond donors (Lipinski definition) is 2. The van der Waals surface area contributed by atoms with E-state index in [2.05, 4.69) is 14.7 Å². The molecule has 0 saturated heterocycles. The normalized spacial score (nSPS) is 18.6. The molecule has 0 aliphatic heterocycles. The van der Waals surface area contributed by atoms with Crippen LogP contribution in [0.15, 0.2) is 11.2 Å². The summed E-state index contributed by atoms with van der Waals surface area (Å²) >= 11 is 1.73. The molecule has 1 fully saturated rings. The molecule has 1 heterocycles. The maximum absolute atomic E-state index is 11.8. The molecule has 2 rings (SSSR count). The van der Waals surface area contributed by atoms with Gasteiger partial charge in [-0.05, 0) is 26.0 Å². The first-order chi connectivity index (χ1) is 7.47. The molecule has 1 aliphatic carbocycles. The lowest BCUT2D eigenvalue weighted by molar-refractivity contribution is 0.576. The summed E-state index contributed by atoms with van der Waals surface area (Å²) in [7, 11) is -3.42. The molecule has 7 heteroatoms. The molecule has 0 unspecified atom stereocenters. The molecular weight excluding hydrogens is 246 g/mol. The van der Waals surface area contributed by atoms with Gasteiger partial charge in [0, 0.05) is 11.3 Å². The number of H-pyrrole nitrogens is 1. The zero-order chi connectivity index (χ0) is 11.8. The Morgan fingerprint density at radius 2 is 2.31 bits per heavy atom. The Labute approximate surface area is 99.5 Å². The monoisotopic (exact) mass is 261 g/mol. The Bertz CT molecular complexity index is 477. The van der Waals surface area contributed by atoms with Crippen molar-refractivity contribution in [2.75, 3.05) is 12.8 Å². The van der Waals surface area contributed by atoms with E-state index < -0.39 is 10.0 Å². The summed E-state index contributed by atoms with van der Waals surface area (Å²) < 4.78 is 26.4. The Hall–Kier alpha value is -0.530. The lowest BCUT2D eigenvalue weighted by atomic mass is 10.4. The van der Waals surface area contributed by atoms with Crippen molar-refractivity contribution in [3.05, 3.63) is 12.0 Å². The summed E-state index contributed by atoms with van der Waals surface area (Å²) in [5.74, 6) is 0.603. The number of hydrogen-bond acceptors (Lipinski definition) is 4. The van der Waals surface area contributed by atoms with Gasteiger partial charge in [-0.3, -0.25) is 0 Å². The number of thioether (sulfide) groups is 1. The van der Waals surface area contributed by atoms with Crippen LogP contribution >= 0.6 is 11.8 Å². The number of sulfonamides is 1. The zero-order valence-electron chi connectivity index (χ0n) is 9.28. The van der Waals surface area contributed by atoms with Crippen molar-refractivity contribution < 1.29 is 8.42 Å². The summed E-state index contributed by atoms with van der Waals surface area (Å²) in [5, 5.41) is 0.141. The highest BCUT2D eigenvalue weighted by Gasteiger charge is 2.42. The van der Waals surface area contributed by atoms with E-state index >= 15 is 0 Å². The smallest absolute Gasteiger partial charge is 0.257 e. The third-order valence-corrected chi connectivity index (χ3v) is 5.52. The SMILES string of the molecule is CSC1(CNS(=O)(=O)c2cnc(C)[nH]2)CC1. The van der Waals surface area contributed by atoms with Crippen molar-refractivity contribution in [1.29, 1.82) is 0 Å². The molecule has 0 aromatic carbocycles. The van der Waals surface area contributed by atoms with Crippen molar-refractivity contribution in [1.82, 2.24) is 14.7 Å². The zero-order valence-corrected chi connectivity index (χ0v) is 10.9. The fraction of sp³-hybridized carbons (Fsp3) is 0.667. The van der Waals surface area contributed by atoms with E-state index in [1.54, 1.807) is 18.7 Å².